The van der Waals surface area contributed by atoms with Gasteiger partial charge in [0, 0.05) is 18.7 Å². The first-order valence-electron chi connectivity index (χ1n) is 9.69. The van der Waals surface area contributed by atoms with Crippen LogP contribution in [0.5, 0.6) is 0 Å². The number of aryl methyl sites for hydroxylation is 1. The van der Waals surface area contributed by atoms with Gasteiger partial charge in [0.25, 0.3) is 0 Å². The number of benzene rings is 2. The molecule has 0 atom stereocenters. The van der Waals surface area contributed by atoms with E-state index in [9.17, 15) is 4.79 Å². The zero-order chi connectivity index (χ0) is 19.5. The van der Waals surface area contributed by atoms with E-state index >= 15 is 0 Å². The zero-order valence-electron chi connectivity index (χ0n) is 16.3. The highest BCUT2D eigenvalue weighted by Crippen LogP contribution is 2.29. The lowest BCUT2D eigenvalue weighted by Gasteiger charge is -2.23. The van der Waals surface area contributed by atoms with Gasteiger partial charge in [-0.3, -0.25) is 0 Å². The quantitative estimate of drug-likeness (QED) is 0.555. The molecule has 4 rings (SSSR count). The molecule has 0 saturated carbocycles. The van der Waals surface area contributed by atoms with Crippen molar-refractivity contribution < 1.29 is 9.53 Å². The summed E-state index contributed by atoms with van der Waals surface area (Å²) >= 11 is 0. The van der Waals surface area contributed by atoms with Crippen LogP contribution in [0.25, 0.3) is 28.5 Å². The fourth-order valence-corrected chi connectivity index (χ4v) is 3.87. The summed E-state index contributed by atoms with van der Waals surface area (Å²) in [6, 6.07) is 14.8. The van der Waals surface area contributed by atoms with Gasteiger partial charge in [-0.1, -0.05) is 30.3 Å². The lowest BCUT2D eigenvalue weighted by Crippen LogP contribution is -2.26. The maximum Gasteiger partial charge on any atom is 0.330 e. The van der Waals surface area contributed by atoms with E-state index in [1.807, 2.05) is 25.2 Å². The van der Waals surface area contributed by atoms with Crippen molar-refractivity contribution in [3.8, 4) is 11.4 Å². The average molecular weight is 375 g/mol. The fraction of sp³-hybridized carbons (Fsp3) is 0.304. The number of rotatable bonds is 4. The van der Waals surface area contributed by atoms with Crippen LogP contribution in [0.15, 0.2) is 48.5 Å². The number of carbonyl (C=O) groups is 1. The first-order valence-corrected chi connectivity index (χ1v) is 9.69. The van der Waals surface area contributed by atoms with Crippen LogP contribution in [0, 0.1) is 0 Å². The molecule has 1 aliphatic heterocycles. The number of esters is 1. The molecule has 5 nitrogen and oxygen atoms in total. The molecule has 2 aromatic carbocycles. The van der Waals surface area contributed by atoms with Crippen molar-refractivity contribution in [2.45, 2.75) is 18.8 Å². The van der Waals surface area contributed by atoms with E-state index in [1.54, 1.807) is 6.08 Å². The lowest BCUT2D eigenvalue weighted by molar-refractivity contribution is -0.134. The second-order valence-electron chi connectivity index (χ2n) is 7.25. The number of methoxy groups -OCH3 is 1. The first kappa shape index (κ1) is 18.4. The van der Waals surface area contributed by atoms with Gasteiger partial charge in [-0.2, -0.15) is 0 Å². The van der Waals surface area contributed by atoms with Crippen LogP contribution >= 0.6 is 0 Å². The van der Waals surface area contributed by atoms with E-state index in [0.29, 0.717) is 5.92 Å². The Labute approximate surface area is 165 Å². The minimum Gasteiger partial charge on any atom is -0.466 e. The van der Waals surface area contributed by atoms with Crippen LogP contribution in [0.1, 0.15) is 29.9 Å². The normalized spacial score (nSPS) is 15.4. The molecule has 0 aliphatic carbocycles. The Bertz CT molecular complexity index is 1010. The number of piperidine rings is 1. The number of nitrogens with one attached hydrogen (secondary N) is 1. The number of imidazole rings is 1. The number of ether oxygens (including phenoxy) is 1. The Morgan fingerprint density at radius 3 is 2.64 bits per heavy atom. The minimum atomic E-state index is -0.365. The highest BCUT2D eigenvalue weighted by atomic mass is 16.5. The van der Waals surface area contributed by atoms with E-state index in [-0.39, 0.29) is 5.97 Å². The number of hydrogen-bond donors (Lipinski definition) is 1. The Morgan fingerprint density at radius 2 is 1.93 bits per heavy atom. The summed E-state index contributed by atoms with van der Waals surface area (Å²) in [5.74, 6) is 1.23. The van der Waals surface area contributed by atoms with Crippen molar-refractivity contribution in [2.75, 3.05) is 20.2 Å². The summed E-state index contributed by atoms with van der Waals surface area (Å²) in [4.78, 5) is 16.1. The summed E-state index contributed by atoms with van der Waals surface area (Å²) in [6.07, 6.45) is 5.57. The molecule has 1 fully saturated rings. The summed E-state index contributed by atoms with van der Waals surface area (Å²) in [6.45, 7) is 2.20. The average Bonchev–Trinajstić information content (AvgIpc) is 3.08. The van der Waals surface area contributed by atoms with Gasteiger partial charge in [0.1, 0.15) is 5.82 Å². The van der Waals surface area contributed by atoms with Gasteiger partial charge < -0.3 is 14.6 Å². The molecular weight excluding hydrogens is 350 g/mol. The smallest absolute Gasteiger partial charge is 0.330 e. The van der Waals surface area contributed by atoms with Crippen LogP contribution in [-0.2, 0) is 16.6 Å². The maximum atomic E-state index is 11.3. The van der Waals surface area contributed by atoms with Crippen LogP contribution in [-0.4, -0.2) is 35.7 Å². The van der Waals surface area contributed by atoms with Gasteiger partial charge in [0.2, 0.25) is 0 Å². The van der Waals surface area contributed by atoms with Crippen molar-refractivity contribution in [3.05, 3.63) is 59.7 Å². The van der Waals surface area contributed by atoms with E-state index in [1.165, 1.54) is 31.6 Å². The summed E-state index contributed by atoms with van der Waals surface area (Å²) in [5.41, 5.74) is 5.42. The number of aromatic nitrogens is 2. The Hall–Kier alpha value is -2.92. The molecule has 0 radical (unpaired) electrons. The molecule has 28 heavy (non-hydrogen) atoms. The maximum absolute atomic E-state index is 11.3. The SMILES string of the molecule is COC(=O)C=Cc1ccc2c(c1)nc(-c1ccc(C3CCNCC3)cc1)n2C. The fourth-order valence-electron chi connectivity index (χ4n) is 3.87. The second kappa shape index (κ2) is 7.98. The third kappa shape index (κ3) is 3.71. The predicted octanol–water partition coefficient (Wildman–Crippen LogP) is 3.89. The number of carbonyl (C=O) groups excluding carboxylic acids is 1. The van der Waals surface area contributed by atoms with E-state index in [0.717, 1.165) is 41.1 Å². The standard InChI is InChI=1S/C23H25N3O2/c1-26-21-9-3-16(4-10-22(27)28-2)15-20(21)25-23(26)19-7-5-17(6-8-19)18-11-13-24-14-12-18/h3-10,15,18,24H,11-14H2,1-2H3. The van der Waals surface area contributed by atoms with E-state index in [4.69, 9.17) is 4.98 Å². The largest absolute Gasteiger partial charge is 0.466 e. The van der Waals surface area contributed by atoms with Gasteiger partial charge in [-0.25, -0.2) is 9.78 Å². The molecule has 5 heteroatoms. The van der Waals surface area contributed by atoms with E-state index in [2.05, 4.69) is 38.9 Å². The summed E-state index contributed by atoms with van der Waals surface area (Å²) in [5, 5.41) is 3.42. The topological polar surface area (TPSA) is 56.1 Å². The van der Waals surface area contributed by atoms with Crippen LogP contribution in [0.4, 0.5) is 0 Å². The number of hydrogen-bond acceptors (Lipinski definition) is 4. The molecule has 0 bridgehead atoms. The molecule has 1 aliphatic rings. The van der Waals surface area contributed by atoms with Crippen LogP contribution in [0.3, 0.4) is 0 Å². The molecule has 0 amide bonds. The molecule has 1 N–H and O–H groups in total. The molecule has 0 spiro atoms. The van der Waals surface area contributed by atoms with Gasteiger partial charge in [-0.05, 0) is 61.2 Å². The predicted molar refractivity (Wildman–Crippen MR) is 112 cm³/mol. The van der Waals surface area contributed by atoms with Crippen LogP contribution in [0.2, 0.25) is 0 Å². The molecule has 3 aromatic rings. The molecule has 1 saturated heterocycles. The summed E-state index contributed by atoms with van der Waals surface area (Å²) in [7, 11) is 3.41. The Morgan fingerprint density at radius 1 is 1.18 bits per heavy atom. The van der Waals surface area contributed by atoms with Crippen LogP contribution < -0.4 is 5.32 Å². The second-order valence-corrected chi connectivity index (χ2v) is 7.25. The van der Waals surface area contributed by atoms with Crippen molar-refractivity contribution >= 4 is 23.1 Å². The Kier molecular flexibility index (Phi) is 5.26. The Balaban J connectivity index is 1.62. The highest BCUT2D eigenvalue weighted by Gasteiger charge is 2.16. The zero-order valence-corrected chi connectivity index (χ0v) is 16.3. The van der Waals surface area contributed by atoms with Crippen molar-refractivity contribution in [1.29, 1.82) is 0 Å². The lowest BCUT2D eigenvalue weighted by atomic mass is 9.90. The molecular formula is C23H25N3O2. The van der Waals surface area contributed by atoms with E-state index < -0.39 is 0 Å². The molecule has 2 heterocycles. The molecule has 0 unspecified atom stereocenters. The third-order valence-electron chi connectivity index (χ3n) is 5.50. The molecule has 144 valence electrons. The van der Waals surface area contributed by atoms with Crippen molar-refractivity contribution in [2.24, 2.45) is 7.05 Å². The highest BCUT2D eigenvalue weighted by molar-refractivity contribution is 5.88. The van der Waals surface area contributed by atoms with Gasteiger partial charge in [0.05, 0.1) is 18.1 Å². The van der Waals surface area contributed by atoms with Gasteiger partial charge in [0.15, 0.2) is 0 Å². The monoisotopic (exact) mass is 375 g/mol. The third-order valence-corrected chi connectivity index (χ3v) is 5.50. The first-order chi connectivity index (χ1) is 13.7. The van der Waals surface area contributed by atoms with Crippen molar-refractivity contribution in [1.82, 2.24) is 14.9 Å². The number of fused-ring (bicyclic) bond motifs is 1. The molecule has 1 aromatic heterocycles. The number of nitrogens with zero attached hydrogens (tertiary/aromatic N) is 2. The van der Waals surface area contributed by atoms with Gasteiger partial charge >= 0.3 is 5.97 Å². The minimum absolute atomic E-state index is 0.365. The summed E-state index contributed by atoms with van der Waals surface area (Å²) < 4.78 is 6.76. The van der Waals surface area contributed by atoms with Gasteiger partial charge in [-0.15, -0.1) is 0 Å². The van der Waals surface area contributed by atoms with Crippen molar-refractivity contribution in [3.63, 3.8) is 0 Å².